The van der Waals surface area contributed by atoms with Gasteiger partial charge in [0.15, 0.2) is 0 Å². The lowest BCUT2D eigenvalue weighted by molar-refractivity contribution is -0.142. The Morgan fingerprint density at radius 2 is 1.87 bits per heavy atom. The zero-order chi connectivity index (χ0) is 17.1. The van der Waals surface area contributed by atoms with Gasteiger partial charge in [0.1, 0.15) is 12.3 Å². The Morgan fingerprint density at radius 3 is 2.48 bits per heavy atom. The average Bonchev–Trinajstić information content (AvgIpc) is 2.83. The van der Waals surface area contributed by atoms with Crippen LogP contribution in [-0.4, -0.2) is 24.4 Å². The third kappa shape index (κ3) is 5.68. The van der Waals surface area contributed by atoms with E-state index in [9.17, 15) is 21.6 Å². The normalized spacial score (nSPS) is 13.9. The summed E-state index contributed by atoms with van der Waals surface area (Å²) in [6.07, 6.45) is -3.29. The van der Waals surface area contributed by atoms with Gasteiger partial charge in [-0.05, 0) is 18.6 Å². The number of hydrogen-bond donors (Lipinski definition) is 1. The van der Waals surface area contributed by atoms with Crippen LogP contribution in [0.1, 0.15) is 24.2 Å². The van der Waals surface area contributed by atoms with Crippen molar-refractivity contribution in [3.63, 3.8) is 0 Å². The van der Waals surface area contributed by atoms with Gasteiger partial charge < -0.3 is 0 Å². The second-order valence-corrected chi connectivity index (χ2v) is 6.88. The van der Waals surface area contributed by atoms with E-state index >= 15 is 0 Å². The van der Waals surface area contributed by atoms with Crippen LogP contribution in [0, 0.1) is 0 Å². The second kappa shape index (κ2) is 6.71. The molecule has 0 saturated heterocycles. The molecule has 1 N–H and O–H groups in total. The standard InChI is InChI=1S/C14H16F3N3O2S/c1-11(12-5-3-2-4-6-12)19-23(21,22)9-13-7-8-20(18-13)10-14(15,16)17/h2-8,11,19H,9-10H2,1H3/t11-/m0/s1. The summed E-state index contributed by atoms with van der Waals surface area (Å²) in [4.78, 5) is 0. The van der Waals surface area contributed by atoms with Crippen LogP contribution in [0.15, 0.2) is 42.6 Å². The van der Waals surface area contributed by atoms with Crippen molar-refractivity contribution in [3.8, 4) is 0 Å². The molecule has 23 heavy (non-hydrogen) atoms. The van der Waals surface area contributed by atoms with Crippen LogP contribution in [0.5, 0.6) is 0 Å². The molecule has 0 aliphatic carbocycles. The SMILES string of the molecule is C[C@H](NS(=O)(=O)Cc1ccn(CC(F)(F)F)n1)c1ccccc1. The first-order valence-corrected chi connectivity index (χ1v) is 8.44. The molecule has 9 heteroatoms. The Kier molecular flexibility index (Phi) is 5.10. The van der Waals surface area contributed by atoms with Gasteiger partial charge in [0, 0.05) is 12.2 Å². The van der Waals surface area contributed by atoms with Crippen molar-refractivity contribution in [1.82, 2.24) is 14.5 Å². The maximum absolute atomic E-state index is 12.3. The van der Waals surface area contributed by atoms with E-state index in [0.717, 1.165) is 11.8 Å². The molecule has 0 aliphatic heterocycles. The summed E-state index contributed by atoms with van der Waals surface area (Å²) >= 11 is 0. The Morgan fingerprint density at radius 1 is 1.22 bits per heavy atom. The molecule has 126 valence electrons. The number of nitrogens with one attached hydrogen (secondary N) is 1. The van der Waals surface area contributed by atoms with E-state index in [1.54, 1.807) is 31.2 Å². The minimum atomic E-state index is -4.40. The summed E-state index contributed by atoms with van der Waals surface area (Å²) < 4.78 is 64.1. The van der Waals surface area contributed by atoms with Gasteiger partial charge in [-0.1, -0.05) is 30.3 Å². The van der Waals surface area contributed by atoms with Crippen molar-refractivity contribution < 1.29 is 21.6 Å². The van der Waals surface area contributed by atoms with Crippen molar-refractivity contribution >= 4 is 10.0 Å². The Balaban J connectivity index is 2.01. The zero-order valence-corrected chi connectivity index (χ0v) is 13.1. The van der Waals surface area contributed by atoms with Crippen LogP contribution in [-0.2, 0) is 22.3 Å². The van der Waals surface area contributed by atoms with Crippen LogP contribution in [0.2, 0.25) is 0 Å². The van der Waals surface area contributed by atoms with Crippen molar-refractivity contribution in [2.75, 3.05) is 0 Å². The summed E-state index contributed by atoms with van der Waals surface area (Å²) in [7, 11) is -3.72. The van der Waals surface area contributed by atoms with Gasteiger partial charge in [-0.2, -0.15) is 18.3 Å². The number of hydrogen-bond acceptors (Lipinski definition) is 3. The highest BCUT2D eigenvalue weighted by Gasteiger charge is 2.28. The van der Waals surface area contributed by atoms with E-state index in [-0.39, 0.29) is 5.69 Å². The summed E-state index contributed by atoms with van der Waals surface area (Å²) in [5, 5.41) is 3.64. The van der Waals surface area contributed by atoms with Gasteiger partial charge in [-0.15, -0.1) is 0 Å². The molecule has 0 spiro atoms. The van der Waals surface area contributed by atoms with Crippen molar-refractivity contribution in [3.05, 3.63) is 53.9 Å². The molecule has 0 fully saturated rings. The first kappa shape index (κ1) is 17.5. The van der Waals surface area contributed by atoms with Crippen molar-refractivity contribution in [2.45, 2.75) is 31.4 Å². The highest BCUT2D eigenvalue weighted by atomic mass is 32.2. The third-order valence-electron chi connectivity index (χ3n) is 3.03. The smallest absolute Gasteiger partial charge is 0.263 e. The van der Waals surface area contributed by atoms with Crippen LogP contribution < -0.4 is 4.72 Å². The molecular weight excluding hydrogens is 331 g/mol. The minimum Gasteiger partial charge on any atom is -0.263 e. The lowest BCUT2D eigenvalue weighted by Crippen LogP contribution is -2.28. The van der Waals surface area contributed by atoms with E-state index in [0.29, 0.717) is 4.68 Å². The first-order chi connectivity index (χ1) is 10.6. The fourth-order valence-corrected chi connectivity index (χ4v) is 3.37. The molecule has 2 rings (SSSR count). The van der Waals surface area contributed by atoms with Gasteiger partial charge in [-0.3, -0.25) is 4.68 Å². The topological polar surface area (TPSA) is 64.0 Å². The largest absolute Gasteiger partial charge is 0.408 e. The molecule has 1 aromatic carbocycles. The number of sulfonamides is 1. The molecule has 5 nitrogen and oxygen atoms in total. The molecule has 0 amide bonds. The van der Waals surface area contributed by atoms with Crippen LogP contribution >= 0.6 is 0 Å². The van der Waals surface area contributed by atoms with Gasteiger partial charge in [0.25, 0.3) is 0 Å². The quantitative estimate of drug-likeness (QED) is 0.874. The van der Waals surface area contributed by atoms with E-state index < -0.39 is 34.5 Å². The predicted molar refractivity (Wildman–Crippen MR) is 78.9 cm³/mol. The monoisotopic (exact) mass is 347 g/mol. The molecule has 0 unspecified atom stereocenters. The first-order valence-electron chi connectivity index (χ1n) is 6.79. The molecule has 0 radical (unpaired) electrons. The molecule has 1 aromatic heterocycles. The maximum Gasteiger partial charge on any atom is 0.408 e. The van der Waals surface area contributed by atoms with Gasteiger partial charge in [0.05, 0.1) is 5.69 Å². The molecule has 0 bridgehead atoms. The van der Waals surface area contributed by atoms with Crippen molar-refractivity contribution in [2.24, 2.45) is 0 Å². The predicted octanol–water partition coefficient (Wildman–Crippen LogP) is 2.63. The van der Waals surface area contributed by atoms with Crippen molar-refractivity contribution in [1.29, 1.82) is 0 Å². The molecule has 0 saturated carbocycles. The highest BCUT2D eigenvalue weighted by Crippen LogP contribution is 2.18. The fraction of sp³-hybridized carbons (Fsp3) is 0.357. The van der Waals surface area contributed by atoms with Crippen LogP contribution in [0.3, 0.4) is 0 Å². The summed E-state index contributed by atoms with van der Waals surface area (Å²) in [6.45, 7) is 0.441. The number of alkyl halides is 3. The van der Waals surface area contributed by atoms with E-state index in [2.05, 4.69) is 9.82 Å². The molecule has 0 aliphatic rings. The lowest BCUT2D eigenvalue weighted by atomic mass is 10.1. The summed E-state index contributed by atoms with van der Waals surface area (Å²) in [5.41, 5.74) is 0.848. The number of nitrogens with zero attached hydrogens (tertiary/aromatic N) is 2. The van der Waals surface area contributed by atoms with Crippen LogP contribution in [0.25, 0.3) is 0 Å². The van der Waals surface area contributed by atoms with E-state index in [1.807, 2.05) is 6.07 Å². The van der Waals surface area contributed by atoms with Crippen LogP contribution in [0.4, 0.5) is 13.2 Å². The van der Waals surface area contributed by atoms with Gasteiger partial charge in [-0.25, -0.2) is 13.1 Å². The highest BCUT2D eigenvalue weighted by molar-refractivity contribution is 7.88. The zero-order valence-electron chi connectivity index (χ0n) is 12.3. The molecule has 1 atom stereocenters. The lowest BCUT2D eigenvalue weighted by Gasteiger charge is -2.14. The van der Waals surface area contributed by atoms with E-state index in [4.69, 9.17) is 0 Å². The maximum atomic E-state index is 12.3. The molecule has 2 aromatic rings. The number of rotatable bonds is 6. The number of halogens is 3. The number of aromatic nitrogens is 2. The van der Waals surface area contributed by atoms with E-state index in [1.165, 1.54) is 6.07 Å². The van der Waals surface area contributed by atoms with Gasteiger partial charge in [0.2, 0.25) is 10.0 Å². The van der Waals surface area contributed by atoms with Gasteiger partial charge >= 0.3 is 6.18 Å². The Labute approximate surface area is 132 Å². The Hall–Kier alpha value is -1.87. The molecule has 1 heterocycles. The number of benzene rings is 1. The average molecular weight is 347 g/mol. The summed E-state index contributed by atoms with van der Waals surface area (Å²) in [5.74, 6) is -0.477. The Bertz CT molecular complexity index is 742. The summed E-state index contributed by atoms with van der Waals surface area (Å²) in [6, 6.07) is 9.78. The third-order valence-corrected chi connectivity index (χ3v) is 4.42. The second-order valence-electron chi connectivity index (χ2n) is 5.13. The molecular formula is C14H16F3N3O2S. The minimum absolute atomic E-state index is 0.0574. The fourth-order valence-electron chi connectivity index (χ4n) is 2.07.